The standard InChI is InChI=1S/C18H17ClN2O3/c1-11(12-5-4-6-13(19)9-12)20-17(22)10-16-18(23)21-14-7-2-3-8-15(14)24-16/h2-9,11,16H,10H2,1H3,(H,20,22)(H,21,23)/t11-,16-/m0/s1. The maximum Gasteiger partial charge on any atom is 0.266 e. The van der Waals surface area contributed by atoms with E-state index in [1.54, 1.807) is 24.3 Å². The molecule has 2 amide bonds. The molecule has 1 heterocycles. The number of anilines is 1. The van der Waals surface area contributed by atoms with Gasteiger partial charge in [0, 0.05) is 5.02 Å². The molecule has 0 saturated heterocycles. The van der Waals surface area contributed by atoms with Gasteiger partial charge in [-0.05, 0) is 36.8 Å². The highest BCUT2D eigenvalue weighted by Gasteiger charge is 2.29. The predicted octanol–water partition coefficient (Wildman–Crippen LogP) is 3.31. The molecule has 0 saturated carbocycles. The van der Waals surface area contributed by atoms with Crippen LogP contribution in [0.5, 0.6) is 5.75 Å². The van der Waals surface area contributed by atoms with Crippen molar-refractivity contribution in [2.24, 2.45) is 0 Å². The van der Waals surface area contributed by atoms with Gasteiger partial charge in [-0.3, -0.25) is 9.59 Å². The molecule has 0 spiro atoms. The lowest BCUT2D eigenvalue weighted by molar-refractivity contribution is -0.130. The zero-order valence-corrected chi connectivity index (χ0v) is 13.8. The van der Waals surface area contributed by atoms with Gasteiger partial charge in [-0.25, -0.2) is 0 Å². The second kappa shape index (κ2) is 6.93. The van der Waals surface area contributed by atoms with Crippen LogP contribution < -0.4 is 15.4 Å². The maximum atomic E-state index is 12.2. The molecule has 1 aliphatic rings. The SMILES string of the molecule is C[C@H](NC(=O)C[C@@H]1Oc2ccccc2NC1=O)c1cccc(Cl)c1. The summed E-state index contributed by atoms with van der Waals surface area (Å²) in [5.74, 6) is -0.0148. The van der Waals surface area contributed by atoms with Crippen LogP contribution >= 0.6 is 11.6 Å². The molecule has 124 valence electrons. The third kappa shape index (κ3) is 3.68. The Kier molecular flexibility index (Phi) is 4.71. The highest BCUT2D eigenvalue weighted by Crippen LogP contribution is 2.29. The summed E-state index contributed by atoms with van der Waals surface area (Å²) in [5.41, 5.74) is 1.52. The van der Waals surface area contributed by atoms with Crippen molar-refractivity contribution in [3.05, 3.63) is 59.1 Å². The monoisotopic (exact) mass is 344 g/mol. The molecule has 0 unspecified atom stereocenters. The van der Waals surface area contributed by atoms with Gasteiger partial charge in [0.25, 0.3) is 5.91 Å². The number of nitrogens with one attached hydrogen (secondary N) is 2. The molecule has 6 heteroatoms. The zero-order valence-electron chi connectivity index (χ0n) is 13.1. The van der Waals surface area contributed by atoms with Gasteiger partial charge in [-0.15, -0.1) is 0 Å². The van der Waals surface area contributed by atoms with E-state index in [-0.39, 0.29) is 24.3 Å². The summed E-state index contributed by atoms with van der Waals surface area (Å²) in [7, 11) is 0. The number of hydrogen-bond donors (Lipinski definition) is 2. The summed E-state index contributed by atoms with van der Waals surface area (Å²) >= 11 is 5.96. The number of hydrogen-bond acceptors (Lipinski definition) is 3. The number of para-hydroxylation sites is 2. The molecule has 0 radical (unpaired) electrons. The quantitative estimate of drug-likeness (QED) is 0.894. The van der Waals surface area contributed by atoms with Crippen LogP contribution in [0.1, 0.15) is 24.9 Å². The summed E-state index contributed by atoms with van der Waals surface area (Å²) < 4.78 is 5.63. The summed E-state index contributed by atoms with van der Waals surface area (Å²) in [6.07, 6.45) is -0.892. The fraction of sp³-hybridized carbons (Fsp3) is 0.222. The Morgan fingerprint density at radius 3 is 2.88 bits per heavy atom. The number of benzene rings is 2. The topological polar surface area (TPSA) is 67.4 Å². The summed E-state index contributed by atoms with van der Waals surface area (Å²) in [4.78, 5) is 24.3. The van der Waals surface area contributed by atoms with E-state index in [4.69, 9.17) is 16.3 Å². The van der Waals surface area contributed by atoms with Gasteiger partial charge >= 0.3 is 0 Å². The average molecular weight is 345 g/mol. The summed E-state index contributed by atoms with van der Waals surface area (Å²) in [6.45, 7) is 1.86. The highest BCUT2D eigenvalue weighted by atomic mass is 35.5. The van der Waals surface area contributed by atoms with Crippen LogP contribution in [0.2, 0.25) is 5.02 Å². The molecule has 0 aromatic heterocycles. The molecule has 0 fully saturated rings. The van der Waals surface area contributed by atoms with Crippen molar-refractivity contribution in [3.8, 4) is 5.75 Å². The minimum Gasteiger partial charge on any atom is -0.478 e. The van der Waals surface area contributed by atoms with Crippen LogP contribution in [-0.4, -0.2) is 17.9 Å². The van der Waals surface area contributed by atoms with E-state index in [9.17, 15) is 9.59 Å². The Labute approximate surface area is 145 Å². The molecule has 1 aliphatic heterocycles. The summed E-state index contributed by atoms with van der Waals surface area (Å²) in [5, 5.41) is 6.22. The van der Waals surface area contributed by atoms with Gasteiger partial charge in [0.05, 0.1) is 18.2 Å². The van der Waals surface area contributed by atoms with Gasteiger partial charge in [0.15, 0.2) is 6.10 Å². The Bertz CT molecular complexity index is 778. The van der Waals surface area contributed by atoms with Crippen LogP contribution in [0, 0.1) is 0 Å². The van der Waals surface area contributed by atoms with Crippen molar-refractivity contribution in [2.75, 3.05) is 5.32 Å². The largest absolute Gasteiger partial charge is 0.478 e. The Hall–Kier alpha value is -2.53. The fourth-order valence-corrected chi connectivity index (χ4v) is 2.75. The lowest BCUT2D eigenvalue weighted by Gasteiger charge is -2.26. The van der Waals surface area contributed by atoms with Crippen LogP contribution in [0.3, 0.4) is 0 Å². The number of carbonyl (C=O) groups excluding carboxylic acids is 2. The number of fused-ring (bicyclic) bond motifs is 1. The van der Waals surface area contributed by atoms with Crippen LogP contribution in [0.4, 0.5) is 5.69 Å². The first-order valence-corrected chi connectivity index (χ1v) is 8.02. The first-order chi connectivity index (χ1) is 11.5. The second-order valence-corrected chi connectivity index (χ2v) is 6.08. The van der Waals surface area contributed by atoms with Gasteiger partial charge in [0.1, 0.15) is 5.75 Å². The van der Waals surface area contributed by atoms with Crippen LogP contribution in [-0.2, 0) is 9.59 Å². The molecule has 2 aromatic carbocycles. The minimum absolute atomic E-state index is 0.0505. The number of halogens is 1. The average Bonchev–Trinajstić information content (AvgIpc) is 2.55. The normalized spacial score (nSPS) is 17.2. The number of ether oxygens (including phenoxy) is 1. The highest BCUT2D eigenvalue weighted by molar-refractivity contribution is 6.30. The fourth-order valence-electron chi connectivity index (χ4n) is 2.56. The van der Waals surface area contributed by atoms with Gasteiger partial charge < -0.3 is 15.4 Å². The molecule has 24 heavy (non-hydrogen) atoms. The van der Waals surface area contributed by atoms with E-state index >= 15 is 0 Å². The molecule has 0 aliphatic carbocycles. The molecule has 3 rings (SSSR count). The molecular weight excluding hydrogens is 328 g/mol. The van der Waals surface area contributed by atoms with Crippen molar-refractivity contribution < 1.29 is 14.3 Å². The third-order valence-electron chi connectivity index (χ3n) is 3.80. The molecule has 0 bridgehead atoms. The smallest absolute Gasteiger partial charge is 0.266 e. The zero-order chi connectivity index (χ0) is 17.1. The first kappa shape index (κ1) is 16.3. The minimum atomic E-state index is -0.841. The van der Waals surface area contributed by atoms with Gasteiger partial charge in [-0.1, -0.05) is 35.9 Å². The lowest BCUT2D eigenvalue weighted by Crippen LogP contribution is -2.41. The predicted molar refractivity (Wildman–Crippen MR) is 92.1 cm³/mol. The molecule has 5 nitrogen and oxygen atoms in total. The second-order valence-electron chi connectivity index (χ2n) is 5.64. The van der Waals surface area contributed by atoms with E-state index in [0.717, 1.165) is 5.56 Å². The Balaban J connectivity index is 1.62. The number of rotatable bonds is 4. The number of amides is 2. The van der Waals surface area contributed by atoms with Gasteiger partial charge in [-0.2, -0.15) is 0 Å². The van der Waals surface area contributed by atoms with Gasteiger partial charge in [0.2, 0.25) is 5.91 Å². The molecule has 2 aromatic rings. The van der Waals surface area contributed by atoms with Crippen molar-refractivity contribution >= 4 is 29.1 Å². The van der Waals surface area contributed by atoms with Crippen molar-refractivity contribution in [1.82, 2.24) is 5.32 Å². The van der Waals surface area contributed by atoms with Crippen LogP contribution in [0.15, 0.2) is 48.5 Å². The van der Waals surface area contributed by atoms with E-state index in [2.05, 4.69) is 10.6 Å². The van der Waals surface area contributed by atoms with E-state index in [1.807, 2.05) is 31.2 Å². The summed E-state index contributed by atoms with van der Waals surface area (Å²) in [6, 6.07) is 14.2. The lowest BCUT2D eigenvalue weighted by atomic mass is 10.1. The van der Waals surface area contributed by atoms with Crippen molar-refractivity contribution in [1.29, 1.82) is 0 Å². The van der Waals surface area contributed by atoms with Crippen LogP contribution in [0.25, 0.3) is 0 Å². The van der Waals surface area contributed by atoms with Crippen molar-refractivity contribution in [2.45, 2.75) is 25.5 Å². The van der Waals surface area contributed by atoms with E-state index in [1.165, 1.54) is 0 Å². The van der Waals surface area contributed by atoms with E-state index in [0.29, 0.717) is 16.5 Å². The Morgan fingerprint density at radius 2 is 2.08 bits per heavy atom. The number of carbonyl (C=O) groups is 2. The first-order valence-electron chi connectivity index (χ1n) is 7.64. The molecular formula is C18H17ClN2O3. The third-order valence-corrected chi connectivity index (χ3v) is 4.04. The molecule has 2 N–H and O–H groups in total. The van der Waals surface area contributed by atoms with E-state index < -0.39 is 6.10 Å². The maximum absolute atomic E-state index is 12.2. The Morgan fingerprint density at radius 1 is 1.29 bits per heavy atom. The van der Waals surface area contributed by atoms with Crippen molar-refractivity contribution in [3.63, 3.8) is 0 Å². The molecule has 2 atom stereocenters.